The molecule has 0 spiro atoms. The third-order valence-electron chi connectivity index (χ3n) is 5.37. The Morgan fingerprint density at radius 1 is 1.00 bits per heavy atom. The second-order valence-electron chi connectivity index (χ2n) is 7.57. The van der Waals surface area contributed by atoms with Gasteiger partial charge in [-0.15, -0.1) is 0 Å². The number of aromatic nitrogens is 2. The van der Waals surface area contributed by atoms with Crippen LogP contribution in [0.15, 0.2) is 48.8 Å². The van der Waals surface area contributed by atoms with Crippen LogP contribution in [0.3, 0.4) is 0 Å². The summed E-state index contributed by atoms with van der Waals surface area (Å²) in [5, 5.41) is 0.105. The van der Waals surface area contributed by atoms with E-state index >= 15 is 0 Å². The molecule has 2 heterocycles. The number of hydrogen-bond donors (Lipinski definition) is 1. The Morgan fingerprint density at radius 2 is 1.69 bits per heavy atom. The molecule has 1 aliphatic rings. The first-order valence-corrected chi connectivity index (χ1v) is 10.6. The largest absolute Gasteiger partial charge is 0.497 e. The van der Waals surface area contributed by atoms with Crippen molar-refractivity contribution in [3.63, 3.8) is 0 Å². The number of thiol groups is 1. The summed E-state index contributed by atoms with van der Waals surface area (Å²) in [6.45, 7) is 0.722. The molecule has 168 valence electrons. The summed E-state index contributed by atoms with van der Waals surface area (Å²) >= 11 is 4.57. The molecule has 3 aromatic rings. The molecule has 1 aliphatic heterocycles. The SMILES string of the molecule is COc1ccc(-c2cnc(N3CC(S)CC3COCc3cc(F)c(F)cc3F)nc2)cc1. The maximum Gasteiger partial charge on any atom is 0.225 e. The zero-order valence-electron chi connectivity index (χ0n) is 17.3. The van der Waals surface area contributed by atoms with E-state index in [1.807, 2.05) is 29.2 Å². The fourth-order valence-corrected chi connectivity index (χ4v) is 4.10. The molecule has 9 heteroatoms. The molecule has 1 fully saturated rings. The van der Waals surface area contributed by atoms with Crippen LogP contribution >= 0.6 is 12.6 Å². The number of halogens is 3. The van der Waals surface area contributed by atoms with Gasteiger partial charge < -0.3 is 14.4 Å². The Kier molecular flexibility index (Phi) is 6.86. The Balaban J connectivity index is 1.41. The monoisotopic (exact) mass is 461 g/mol. The van der Waals surface area contributed by atoms with Crippen LogP contribution in [0.4, 0.5) is 19.1 Å². The van der Waals surface area contributed by atoms with Crippen molar-refractivity contribution in [2.45, 2.75) is 24.3 Å². The lowest BCUT2D eigenvalue weighted by atomic mass is 10.1. The molecule has 2 aromatic carbocycles. The van der Waals surface area contributed by atoms with Gasteiger partial charge in [-0.25, -0.2) is 23.1 Å². The van der Waals surface area contributed by atoms with Gasteiger partial charge in [0, 0.05) is 41.4 Å². The molecule has 0 aliphatic carbocycles. The van der Waals surface area contributed by atoms with Crippen molar-refractivity contribution in [1.29, 1.82) is 0 Å². The number of methoxy groups -OCH3 is 1. The first-order chi connectivity index (χ1) is 15.4. The summed E-state index contributed by atoms with van der Waals surface area (Å²) in [7, 11) is 1.62. The van der Waals surface area contributed by atoms with E-state index in [0.29, 0.717) is 18.6 Å². The van der Waals surface area contributed by atoms with E-state index in [1.165, 1.54) is 0 Å². The van der Waals surface area contributed by atoms with Crippen molar-refractivity contribution in [2.75, 3.05) is 25.2 Å². The molecule has 0 bridgehead atoms. The first-order valence-electron chi connectivity index (χ1n) is 10.1. The molecule has 0 amide bonds. The highest BCUT2D eigenvalue weighted by Gasteiger charge is 2.32. The maximum atomic E-state index is 13.8. The molecular weight excluding hydrogens is 439 g/mol. The van der Waals surface area contributed by atoms with E-state index in [2.05, 4.69) is 22.6 Å². The average Bonchev–Trinajstić information content (AvgIpc) is 3.17. The Bertz CT molecular complexity index is 1070. The number of ether oxygens (including phenoxy) is 2. The highest BCUT2D eigenvalue weighted by Crippen LogP contribution is 2.28. The van der Waals surface area contributed by atoms with Crippen molar-refractivity contribution in [3.05, 3.63) is 71.8 Å². The van der Waals surface area contributed by atoms with Crippen molar-refractivity contribution in [2.24, 2.45) is 0 Å². The van der Waals surface area contributed by atoms with Crippen LogP contribution in [0.2, 0.25) is 0 Å². The number of benzene rings is 2. The average molecular weight is 462 g/mol. The molecule has 32 heavy (non-hydrogen) atoms. The van der Waals surface area contributed by atoms with Crippen LogP contribution in [0, 0.1) is 17.5 Å². The highest BCUT2D eigenvalue weighted by molar-refractivity contribution is 7.81. The molecule has 2 atom stereocenters. The minimum Gasteiger partial charge on any atom is -0.497 e. The van der Waals surface area contributed by atoms with Crippen molar-refractivity contribution < 1.29 is 22.6 Å². The van der Waals surface area contributed by atoms with Crippen LogP contribution in [0.5, 0.6) is 5.75 Å². The molecule has 0 saturated carbocycles. The van der Waals surface area contributed by atoms with Gasteiger partial charge in [0.05, 0.1) is 26.4 Å². The lowest BCUT2D eigenvalue weighted by molar-refractivity contribution is 0.106. The maximum absolute atomic E-state index is 13.8. The molecule has 2 unspecified atom stereocenters. The van der Waals surface area contributed by atoms with Gasteiger partial charge in [-0.05, 0) is 30.2 Å². The minimum atomic E-state index is -1.22. The Morgan fingerprint density at radius 3 is 2.38 bits per heavy atom. The van der Waals surface area contributed by atoms with Gasteiger partial charge >= 0.3 is 0 Å². The molecule has 5 nitrogen and oxygen atoms in total. The van der Waals surface area contributed by atoms with Gasteiger partial charge in [0.15, 0.2) is 11.6 Å². The van der Waals surface area contributed by atoms with Gasteiger partial charge in [-0.1, -0.05) is 12.1 Å². The lowest BCUT2D eigenvalue weighted by Crippen LogP contribution is -2.34. The smallest absolute Gasteiger partial charge is 0.225 e. The zero-order valence-corrected chi connectivity index (χ0v) is 18.2. The summed E-state index contributed by atoms with van der Waals surface area (Å²) in [4.78, 5) is 11.0. The summed E-state index contributed by atoms with van der Waals surface area (Å²) in [5.41, 5.74) is 1.81. The van der Waals surface area contributed by atoms with Crippen molar-refractivity contribution >= 4 is 18.6 Å². The molecule has 0 N–H and O–H groups in total. The standard InChI is InChI=1S/C23H22F3N3O2S/c1-30-18-4-2-14(3-5-18)16-9-27-23(28-10-16)29-11-19(32)7-17(29)13-31-12-15-6-21(25)22(26)8-20(15)24/h2-6,8-10,17,19,32H,7,11-13H2,1H3. The van der Waals surface area contributed by atoms with Crippen LogP contribution in [-0.2, 0) is 11.3 Å². The van der Waals surface area contributed by atoms with Crippen LogP contribution in [-0.4, -0.2) is 41.5 Å². The number of rotatable bonds is 7. The van der Waals surface area contributed by atoms with Crippen LogP contribution < -0.4 is 9.64 Å². The third kappa shape index (κ3) is 4.99. The molecule has 0 radical (unpaired) electrons. The van der Waals surface area contributed by atoms with E-state index in [0.717, 1.165) is 29.4 Å². The van der Waals surface area contributed by atoms with Crippen molar-refractivity contribution in [3.8, 4) is 16.9 Å². The van der Waals surface area contributed by atoms with Crippen molar-refractivity contribution in [1.82, 2.24) is 9.97 Å². The normalized spacial score (nSPS) is 18.2. The molecule has 1 saturated heterocycles. The van der Waals surface area contributed by atoms with E-state index in [1.54, 1.807) is 19.5 Å². The zero-order chi connectivity index (χ0) is 22.7. The topological polar surface area (TPSA) is 47.5 Å². The Labute approximate surface area is 189 Å². The minimum absolute atomic E-state index is 0.0315. The number of hydrogen-bond acceptors (Lipinski definition) is 6. The summed E-state index contributed by atoms with van der Waals surface area (Å²) in [5.74, 6) is -1.84. The van der Waals surface area contributed by atoms with E-state index in [4.69, 9.17) is 9.47 Å². The van der Waals surface area contributed by atoms with E-state index < -0.39 is 17.5 Å². The number of anilines is 1. The lowest BCUT2D eigenvalue weighted by Gasteiger charge is -2.24. The van der Waals surface area contributed by atoms with Gasteiger partial charge in [-0.2, -0.15) is 12.6 Å². The number of nitrogens with zero attached hydrogens (tertiary/aromatic N) is 3. The summed E-state index contributed by atoms with van der Waals surface area (Å²) < 4.78 is 51.1. The fourth-order valence-electron chi connectivity index (χ4n) is 3.68. The third-order valence-corrected chi connectivity index (χ3v) is 5.74. The molecular formula is C23H22F3N3O2S. The first kappa shape index (κ1) is 22.4. The molecule has 4 rings (SSSR count). The summed E-state index contributed by atoms with van der Waals surface area (Å²) in [6, 6.07) is 8.89. The van der Waals surface area contributed by atoms with Crippen LogP contribution in [0.25, 0.3) is 11.1 Å². The van der Waals surface area contributed by atoms with Gasteiger partial charge in [-0.3, -0.25) is 0 Å². The predicted molar refractivity (Wildman–Crippen MR) is 119 cm³/mol. The van der Waals surface area contributed by atoms with Crippen LogP contribution in [0.1, 0.15) is 12.0 Å². The summed E-state index contributed by atoms with van der Waals surface area (Å²) in [6.07, 6.45) is 4.24. The molecule has 1 aromatic heterocycles. The quantitative estimate of drug-likeness (QED) is 0.410. The second kappa shape index (κ2) is 9.79. The van der Waals surface area contributed by atoms with E-state index in [9.17, 15) is 13.2 Å². The predicted octanol–water partition coefficient (Wildman–Crippen LogP) is 4.66. The Hall–Kier alpha value is -2.78. The van der Waals surface area contributed by atoms with Gasteiger partial charge in [0.1, 0.15) is 11.6 Å². The van der Waals surface area contributed by atoms with Gasteiger partial charge in [0.25, 0.3) is 0 Å². The highest BCUT2D eigenvalue weighted by atomic mass is 32.1. The second-order valence-corrected chi connectivity index (χ2v) is 8.30. The van der Waals surface area contributed by atoms with Gasteiger partial charge in [0.2, 0.25) is 5.95 Å². The fraction of sp³-hybridized carbons (Fsp3) is 0.304. The van der Waals surface area contributed by atoms with E-state index in [-0.39, 0.29) is 30.1 Å².